The molecule has 0 unspecified atom stereocenters. The number of ether oxygens (including phenoxy) is 2. The molecule has 1 fully saturated rings. The molecule has 0 radical (unpaired) electrons. The van der Waals surface area contributed by atoms with Crippen molar-refractivity contribution in [2.75, 3.05) is 13.2 Å². The first-order valence-electron chi connectivity index (χ1n) is 2.64. The molecule has 0 spiro atoms. The molecule has 1 aliphatic rings. The fourth-order valence-electron chi connectivity index (χ4n) is 0.648. The summed E-state index contributed by atoms with van der Waals surface area (Å²) in [6, 6.07) is 1.43. The van der Waals surface area contributed by atoms with Crippen LogP contribution in [0, 0.1) is 11.3 Å². The zero-order chi connectivity index (χ0) is 7.61. The van der Waals surface area contributed by atoms with Crippen molar-refractivity contribution in [3.8, 4) is 6.07 Å². The zero-order valence-electron chi connectivity index (χ0n) is 5.03. The first kappa shape index (κ1) is 6.99. The average molecular weight is 143 g/mol. The van der Waals surface area contributed by atoms with Crippen LogP contribution < -0.4 is 0 Å². The molecule has 10 heavy (non-hydrogen) atoms. The highest BCUT2D eigenvalue weighted by atomic mass is 16.8. The second kappa shape index (κ2) is 2.25. The minimum absolute atomic E-state index is 0.153. The van der Waals surface area contributed by atoms with E-state index in [1.54, 1.807) is 0 Å². The molecule has 0 atom stereocenters. The summed E-state index contributed by atoms with van der Waals surface area (Å²) in [7, 11) is 0. The molecule has 54 valence electrons. The lowest BCUT2D eigenvalue weighted by Crippen LogP contribution is -2.37. The lowest BCUT2D eigenvalue weighted by atomic mass is 10.3. The molecule has 0 amide bonds. The van der Waals surface area contributed by atoms with Gasteiger partial charge in [0.25, 0.3) is 0 Å². The first-order valence-corrected chi connectivity index (χ1v) is 2.64. The predicted octanol–water partition coefficient (Wildman–Crippen LogP) is -0.662. The van der Waals surface area contributed by atoms with Crippen LogP contribution in [0.1, 0.15) is 0 Å². The predicted molar refractivity (Wildman–Crippen MR) is 27.9 cm³/mol. The average Bonchev–Trinajstić information content (AvgIpc) is 2.35. The number of hydrogen-bond donors (Lipinski definition) is 1. The largest absolute Gasteiger partial charge is 0.476 e. The fourth-order valence-corrected chi connectivity index (χ4v) is 0.648. The van der Waals surface area contributed by atoms with E-state index in [0.29, 0.717) is 0 Å². The maximum absolute atomic E-state index is 10.3. The molecule has 0 aromatic heterocycles. The van der Waals surface area contributed by atoms with Gasteiger partial charge in [0, 0.05) is 0 Å². The molecule has 5 nitrogen and oxygen atoms in total. The quantitative estimate of drug-likeness (QED) is 0.527. The van der Waals surface area contributed by atoms with Gasteiger partial charge in [-0.2, -0.15) is 5.26 Å². The molecule has 0 aromatic rings. The van der Waals surface area contributed by atoms with E-state index in [0.717, 1.165) is 0 Å². The van der Waals surface area contributed by atoms with Crippen LogP contribution in [0.15, 0.2) is 0 Å². The summed E-state index contributed by atoms with van der Waals surface area (Å²) in [5.74, 6) is -3.44. The van der Waals surface area contributed by atoms with E-state index in [1.807, 2.05) is 0 Å². The Labute approximate surface area is 56.8 Å². The molecule has 0 bridgehead atoms. The van der Waals surface area contributed by atoms with E-state index in [1.165, 1.54) is 6.07 Å². The Hall–Kier alpha value is -1.12. The summed E-state index contributed by atoms with van der Waals surface area (Å²) in [5, 5.41) is 16.7. The van der Waals surface area contributed by atoms with Crippen molar-refractivity contribution in [3.05, 3.63) is 0 Å². The van der Waals surface area contributed by atoms with Crippen molar-refractivity contribution in [1.82, 2.24) is 0 Å². The fraction of sp³-hybridized carbons (Fsp3) is 0.600. The number of rotatable bonds is 1. The van der Waals surface area contributed by atoms with Crippen molar-refractivity contribution in [1.29, 1.82) is 5.26 Å². The van der Waals surface area contributed by atoms with E-state index in [4.69, 9.17) is 10.4 Å². The zero-order valence-corrected chi connectivity index (χ0v) is 5.03. The third-order valence-electron chi connectivity index (χ3n) is 1.12. The third kappa shape index (κ3) is 0.835. The molecule has 0 saturated carbocycles. The Kier molecular flexibility index (Phi) is 1.57. The van der Waals surface area contributed by atoms with Gasteiger partial charge in [0.05, 0.1) is 13.2 Å². The summed E-state index contributed by atoms with van der Waals surface area (Å²) in [6.45, 7) is 0.305. The molecule has 1 aliphatic heterocycles. The van der Waals surface area contributed by atoms with Gasteiger partial charge in [-0.25, -0.2) is 4.79 Å². The summed E-state index contributed by atoms with van der Waals surface area (Å²) in [4.78, 5) is 10.3. The van der Waals surface area contributed by atoms with Gasteiger partial charge in [0.15, 0.2) is 0 Å². The van der Waals surface area contributed by atoms with Crippen LogP contribution in [0.4, 0.5) is 0 Å². The van der Waals surface area contributed by atoms with Crippen molar-refractivity contribution in [2.24, 2.45) is 0 Å². The van der Waals surface area contributed by atoms with Crippen molar-refractivity contribution in [3.63, 3.8) is 0 Å². The lowest BCUT2D eigenvalue weighted by Gasteiger charge is -2.11. The van der Waals surface area contributed by atoms with Gasteiger partial charge >= 0.3 is 11.8 Å². The molecule has 1 N–H and O–H groups in total. The minimum Gasteiger partial charge on any atom is -0.476 e. The van der Waals surface area contributed by atoms with Gasteiger partial charge in [-0.05, 0) is 0 Å². The lowest BCUT2D eigenvalue weighted by molar-refractivity contribution is -0.182. The van der Waals surface area contributed by atoms with Gasteiger partial charge in [0.2, 0.25) is 0 Å². The second-order valence-electron chi connectivity index (χ2n) is 1.73. The second-order valence-corrected chi connectivity index (χ2v) is 1.73. The molecule has 1 rings (SSSR count). The smallest absolute Gasteiger partial charge is 0.380 e. The Morgan fingerprint density at radius 3 is 2.30 bits per heavy atom. The highest BCUT2D eigenvalue weighted by Gasteiger charge is 2.45. The number of carboxylic acid groups (broad SMARTS) is 1. The van der Waals surface area contributed by atoms with E-state index in [-0.39, 0.29) is 13.2 Å². The van der Waals surface area contributed by atoms with Crippen LogP contribution in [0.2, 0.25) is 0 Å². The number of nitrogens with zero attached hydrogens (tertiary/aromatic N) is 1. The number of aliphatic carboxylic acids is 1. The normalized spacial score (nSPS) is 21.9. The maximum atomic E-state index is 10.3. The molecule has 0 aromatic carbocycles. The van der Waals surface area contributed by atoms with Crippen molar-refractivity contribution < 1.29 is 19.4 Å². The number of hydrogen-bond acceptors (Lipinski definition) is 4. The van der Waals surface area contributed by atoms with Crippen LogP contribution in [0.5, 0.6) is 0 Å². The van der Waals surface area contributed by atoms with E-state index in [2.05, 4.69) is 9.47 Å². The third-order valence-corrected chi connectivity index (χ3v) is 1.12. The number of nitriles is 1. The molecule has 0 aliphatic carbocycles. The topological polar surface area (TPSA) is 79.6 Å². The van der Waals surface area contributed by atoms with Crippen LogP contribution in [-0.4, -0.2) is 30.1 Å². The Morgan fingerprint density at radius 2 is 2.10 bits per heavy atom. The van der Waals surface area contributed by atoms with Crippen molar-refractivity contribution in [2.45, 2.75) is 5.79 Å². The highest BCUT2D eigenvalue weighted by molar-refractivity contribution is 5.79. The maximum Gasteiger partial charge on any atom is 0.380 e. The molecule has 5 heteroatoms. The van der Waals surface area contributed by atoms with Crippen LogP contribution in [-0.2, 0) is 14.3 Å². The number of carboxylic acids is 1. The van der Waals surface area contributed by atoms with Crippen LogP contribution >= 0.6 is 0 Å². The van der Waals surface area contributed by atoms with E-state index < -0.39 is 11.8 Å². The molecular weight excluding hydrogens is 138 g/mol. The summed E-state index contributed by atoms with van der Waals surface area (Å²) < 4.78 is 9.14. The first-order chi connectivity index (χ1) is 4.71. The Bertz CT molecular complexity index is 188. The molecule has 1 heterocycles. The van der Waals surface area contributed by atoms with E-state index >= 15 is 0 Å². The van der Waals surface area contributed by atoms with Gasteiger partial charge in [-0.1, -0.05) is 0 Å². The van der Waals surface area contributed by atoms with E-state index in [9.17, 15) is 4.79 Å². The summed E-state index contributed by atoms with van der Waals surface area (Å²) in [6.07, 6.45) is 0. The highest BCUT2D eigenvalue weighted by Crippen LogP contribution is 2.17. The Morgan fingerprint density at radius 1 is 1.60 bits per heavy atom. The minimum atomic E-state index is -2.04. The van der Waals surface area contributed by atoms with Crippen LogP contribution in [0.3, 0.4) is 0 Å². The Balaban J connectivity index is 2.80. The summed E-state index contributed by atoms with van der Waals surface area (Å²) in [5.41, 5.74) is 0. The van der Waals surface area contributed by atoms with Gasteiger partial charge < -0.3 is 14.6 Å². The number of carbonyl (C=O) groups is 1. The standard InChI is InChI=1S/C5H5NO4/c6-3-5(4(7)8)9-1-2-10-5/h1-2H2,(H,7,8). The SMILES string of the molecule is N#CC1(C(=O)O)OCCO1. The van der Waals surface area contributed by atoms with Gasteiger partial charge in [0.1, 0.15) is 6.07 Å². The summed E-state index contributed by atoms with van der Waals surface area (Å²) >= 11 is 0. The van der Waals surface area contributed by atoms with Gasteiger partial charge in [-0.3, -0.25) is 0 Å². The van der Waals surface area contributed by atoms with Crippen molar-refractivity contribution >= 4 is 5.97 Å². The van der Waals surface area contributed by atoms with Gasteiger partial charge in [-0.15, -0.1) is 0 Å². The molecule has 1 saturated heterocycles. The molecular formula is C5H5NO4. The van der Waals surface area contributed by atoms with Crippen LogP contribution in [0.25, 0.3) is 0 Å². The monoisotopic (exact) mass is 143 g/mol.